The molecular weight excluding hydrogens is 358 g/mol. The minimum absolute atomic E-state index is 0.0316. The van der Waals surface area contributed by atoms with Crippen LogP contribution in [0, 0.1) is 5.92 Å². The number of likely N-dealkylation sites (tertiary alicyclic amines) is 1. The lowest BCUT2D eigenvalue weighted by atomic mass is 9.89. The number of aryl methyl sites for hydroxylation is 1. The molecule has 3 aromatic rings. The largest absolute Gasteiger partial charge is 0.333 e. The zero-order valence-electron chi connectivity index (χ0n) is 15.9. The summed E-state index contributed by atoms with van der Waals surface area (Å²) < 4.78 is 1.70. The lowest BCUT2D eigenvalue weighted by molar-refractivity contribution is 0.0595. The quantitative estimate of drug-likeness (QED) is 0.674. The molecule has 0 aromatic carbocycles. The molecule has 5 rings (SSSR count). The van der Waals surface area contributed by atoms with Gasteiger partial charge in [-0.1, -0.05) is 13.8 Å². The molecule has 0 N–H and O–H groups in total. The Balaban J connectivity index is 1.60. The minimum atomic E-state index is -0.0316. The fourth-order valence-corrected chi connectivity index (χ4v) is 5.84. The van der Waals surface area contributed by atoms with Crippen molar-refractivity contribution in [1.29, 1.82) is 0 Å². The van der Waals surface area contributed by atoms with E-state index in [1.807, 2.05) is 4.90 Å². The van der Waals surface area contributed by atoms with Gasteiger partial charge in [0.1, 0.15) is 11.2 Å². The van der Waals surface area contributed by atoms with E-state index in [0.29, 0.717) is 17.8 Å². The van der Waals surface area contributed by atoms with Crippen LogP contribution in [0.4, 0.5) is 0 Å². The summed E-state index contributed by atoms with van der Waals surface area (Å²) in [5.41, 5.74) is 2.17. The zero-order valence-corrected chi connectivity index (χ0v) is 16.8. The van der Waals surface area contributed by atoms with Gasteiger partial charge in [-0.2, -0.15) is 0 Å². The third-order valence-corrected chi connectivity index (χ3v) is 7.38. The van der Waals surface area contributed by atoms with Crippen LogP contribution in [0.2, 0.25) is 0 Å². The van der Waals surface area contributed by atoms with E-state index in [-0.39, 0.29) is 5.91 Å². The fourth-order valence-electron chi connectivity index (χ4n) is 4.66. The Morgan fingerprint density at radius 2 is 2.22 bits per heavy atom. The SMILES string of the molecule is CCC1CCCCN1C(=O)c1nc2c3c4c(sc3ncn2n1)CCC(C)C4. The third-order valence-electron chi connectivity index (χ3n) is 6.18. The maximum absolute atomic E-state index is 13.1. The van der Waals surface area contributed by atoms with Gasteiger partial charge in [0.05, 0.1) is 5.39 Å². The van der Waals surface area contributed by atoms with Gasteiger partial charge in [0.2, 0.25) is 5.82 Å². The lowest BCUT2D eigenvalue weighted by Gasteiger charge is -2.34. The molecule has 1 amide bonds. The maximum Gasteiger partial charge on any atom is 0.293 e. The molecule has 2 unspecified atom stereocenters. The number of carbonyl (C=O) groups excluding carboxylic acids is 1. The summed E-state index contributed by atoms with van der Waals surface area (Å²) in [6.45, 7) is 5.27. The van der Waals surface area contributed by atoms with Crippen molar-refractivity contribution < 1.29 is 4.79 Å². The maximum atomic E-state index is 13.1. The van der Waals surface area contributed by atoms with Gasteiger partial charge in [0.15, 0.2) is 5.65 Å². The number of thiophene rings is 1. The average molecular weight is 384 g/mol. The molecule has 6 nitrogen and oxygen atoms in total. The first kappa shape index (κ1) is 17.1. The molecule has 2 aliphatic rings. The van der Waals surface area contributed by atoms with Gasteiger partial charge in [0.25, 0.3) is 5.91 Å². The molecule has 27 heavy (non-hydrogen) atoms. The van der Waals surface area contributed by atoms with Crippen molar-refractivity contribution >= 4 is 33.1 Å². The number of hydrogen-bond acceptors (Lipinski definition) is 5. The first-order valence-electron chi connectivity index (χ1n) is 10.1. The van der Waals surface area contributed by atoms with Gasteiger partial charge in [0, 0.05) is 17.5 Å². The van der Waals surface area contributed by atoms with E-state index < -0.39 is 0 Å². The predicted octanol–water partition coefficient (Wildman–Crippen LogP) is 3.87. The molecule has 1 aliphatic heterocycles. The van der Waals surface area contributed by atoms with Crippen LogP contribution in [0.25, 0.3) is 15.9 Å². The number of carbonyl (C=O) groups is 1. The highest BCUT2D eigenvalue weighted by molar-refractivity contribution is 7.19. The first-order valence-corrected chi connectivity index (χ1v) is 10.9. The Morgan fingerprint density at radius 3 is 3.07 bits per heavy atom. The standard InChI is InChI=1S/C20H25N5OS/c1-3-13-6-4-5-9-24(13)20(26)17-22-18-16-14-10-12(2)7-8-15(14)27-19(16)21-11-25(18)23-17/h11-13H,3-10H2,1-2H3. The number of hydrogen-bond donors (Lipinski definition) is 0. The highest BCUT2D eigenvalue weighted by atomic mass is 32.1. The molecule has 0 spiro atoms. The molecule has 4 heterocycles. The number of nitrogens with zero attached hydrogens (tertiary/aromatic N) is 5. The van der Waals surface area contributed by atoms with Gasteiger partial charge >= 0.3 is 0 Å². The molecule has 2 atom stereocenters. The smallest absolute Gasteiger partial charge is 0.293 e. The molecular formula is C20H25N5OS. The second-order valence-corrected chi connectivity index (χ2v) is 9.12. The van der Waals surface area contributed by atoms with E-state index >= 15 is 0 Å². The van der Waals surface area contributed by atoms with Crippen LogP contribution in [-0.4, -0.2) is 43.0 Å². The van der Waals surface area contributed by atoms with E-state index in [1.165, 1.54) is 23.3 Å². The summed E-state index contributed by atoms with van der Waals surface area (Å²) in [5.74, 6) is 0.961. The number of amides is 1. The topological polar surface area (TPSA) is 63.4 Å². The van der Waals surface area contributed by atoms with E-state index in [4.69, 9.17) is 4.98 Å². The molecule has 1 saturated heterocycles. The normalized spacial score (nSPS) is 23.1. The van der Waals surface area contributed by atoms with E-state index in [0.717, 1.165) is 54.5 Å². The predicted molar refractivity (Wildman–Crippen MR) is 106 cm³/mol. The van der Waals surface area contributed by atoms with Crippen molar-refractivity contribution in [3.63, 3.8) is 0 Å². The highest BCUT2D eigenvalue weighted by Crippen LogP contribution is 2.38. The molecule has 3 aromatic heterocycles. The van der Waals surface area contributed by atoms with Crippen LogP contribution in [0.15, 0.2) is 6.33 Å². The Labute approximate surface area is 162 Å². The summed E-state index contributed by atoms with van der Waals surface area (Å²) in [4.78, 5) is 26.9. The van der Waals surface area contributed by atoms with Gasteiger partial charge in [-0.3, -0.25) is 4.79 Å². The van der Waals surface area contributed by atoms with Crippen molar-refractivity contribution in [1.82, 2.24) is 24.5 Å². The van der Waals surface area contributed by atoms with Crippen molar-refractivity contribution in [2.75, 3.05) is 6.54 Å². The Bertz CT molecular complexity index is 1020. The van der Waals surface area contributed by atoms with Crippen molar-refractivity contribution in [2.45, 2.75) is 64.8 Å². The monoisotopic (exact) mass is 383 g/mol. The number of piperidine rings is 1. The van der Waals surface area contributed by atoms with Crippen LogP contribution < -0.4 is 0 Å². The van der Waals surface area contributed by atoms with Crippen molar-refractivity contribution in [2.24, 2.45) is 5.92 Å². The van der Waals surface area contributed by atoms with Crippen LogP contribution >= 0.6 is 11.3 Å². The van der Waals surface area contributed by atoms with E-state index in [1.54, 1.807) is 22.2 Å². The Kier molecular flexibility index (Phi) is 4.15. The molecule has 0 bridgehead atoms. The molecule has 0 saturated carbocycles. The van der Waals surface area contributed by atoms with Gasteiger partial charge in [-0.15, -0.1) is 16.4 Å². The summed E-state index contributed by atoms with van der Waals surface area (Å²) >= 11 is 1.78. The van der Waals surface area contributed by atoms with Crippen LogP contribution in [0.1, 0.15) is 67.0 Å². The number of aromatic nitrogens is 4. The van der Waals surface area contributed by atoms with E-state index in [9.17, 15) is 4.79 Å². The minimum Gasteiger partial charge on any atom is -0.333 e. The summed E-state index contributed by atoms with van der Waals surface area (Å²) in [5, 5.41) is 5.62. The van der Waals surface area contributed by atoms with Crippen LogP contribution in [0.3, 0.4) is 0 Å². The third kappa shape index (κ3) is 2.74. The van der Waals surface area contributed by atoms with Crippen LogP contribution in [-0.2, 0) is 12.8 Å². The Morgan fingerprint density at radius 1 is 1.33 bits per heavy atom. The fraction of sp³-hybridized carbons (Fsp3) is 0.600. The molecule has 0 radical (unpaired) electrons. The molecule has 142 valence electrons. The Hall–Kier alpha value is -2.02. The second-order valence-electron chi connectivity index (χ2n) is 8.04. The van der Waals surface area contributed by atoms with Gasteiger partial charge in [-0.25, -0.2) is 14.5 Å². The lowest BCUT2D eigenvalue weighted by Crippen LogP contribution is -2.43. The summed E-state index contributed by atoms with van der Waals surface area (Å²) in [7, 11) is 0. The summed E-state index contributed by atoms with van der Waals surface area (Å²) in [6.07, 6.45) is 9.47. The van der Waals surface area contributed by atoms with Crippen LogP contribution in [0.5, 0.6) is 0 Å². The number of rotatable bonds is 2. The highest BCUT2D eigenvalue weighted by Gasteiger charge is 2.30. The summed E-state index contributed by atoms with van der Waals surface area (Å²) in [6, 6.07) is 0.311. The zero-order chi connectivity index (χ0) is 18.5. The van der Waals surface area contributed by atoms with Gasteiger partial charge < -0.3 is 4.90 Å². The van der Waals surface area contributed by atoms with Gasteiger partial charge in [-0.05, 0) is 56.4 Å². The van der Waals surface area contributed by atoms with Crippen molar-refractivity contribution in [3.05, 3.63) is 22.6 Å². The molecule has 1 fully saturated rings. The number of fused-ring (bicyclic) bond motifs is 5. The first-order chi connectivity index (χ1) is 13.2. The van der Waals surface area contributed by atoms with E-state index in [2.05, 4.69) is 23.9 Å². The molecule has 7 heteroatoms. The van der Waals surface area contributed by atoms with Crippen molar-refractivity contribution in [3.8, 4) is 0 Å². The second kappa shape index (κ2) is 6.55. The molecule has 1 aliphatic carbocycles. The average Bonchev–Trinajstić information content (AvgIpc) is 3.28.